The quantitative estimate of drug-likeness (QED) is 0.898. The Morgan fingerprint density at radius 2 is 2.10 bits per heavy atom. The number of pyridine rings is 1. The third-order valence-electron chi connectivity index (χ3n) is 3.14. The molecule has 0 atom stereocenters. The molecule has 2 aromatic rings. The number of para-hydroxylation sites is 2. The van der Waals surface area contributed by atoms with E-state index in [-0.39, 0.29) is 12.5 Å². The predicted octanol–water partition coefficient (Wildman–Crippen LogP) is 2.60. The lowest BCUT2D eigenvalue weighted by atomic mass is 10.2. The monoisotopic (exact) mass is 268 g/mol. The van der Waals surface area contributed by atoms with Gasteiger partial charge in [0.05, 0.1) is 11.4 Å². The Morgan fingerprint density at radius 3 is 2.95 bits per heavy atom. The molecule has 0 spiro atoms. The molecule has 1 aromatic carbocycles. The van der Waals surface area contributed by atoms with Gasteiger partial charge < -0.3 is 15.5 Å². The van der Waals surface area contributed by atoms with Gasteiger partial charge in [0.1, 0.15) is 18.2 Å². The first-order valence-corrected chi connectivity index (χ1v) is 6.65. The zero-order valence-corrected chi connectivity index (χ0v) is 11.3. The second kappa shape index (κ2) is 5.21. The van der Waals surface area contributed by atoms with E-state index in [1.54, 1.807) is 0 Å². The number of aromatic nitrogens is 1. The highest BCUT2D eigenvalue weighted by atomic mass is 16.2. The Morgan fingerprint density at radius 1 is 1.25 bits per heavy atom. The van der Waals surface area contributed by atoms with Crippen LogP contribution in [-0.2, 0) is 4.79 Å². The molecule has 3 rings (SSSR count). The van der Waals surface area contributed by atoms with E-state index >= 15 is 0 Å². The SMILES string of the molecule is CCNc1cccc(N2CC(=O)Nc3ccccc32)n1. The van der Waals surface area contributed by atoms with Crippen molar-refractivity contribution < 1.29 is 4.79 Å². The van der Waals surface area contributed by atoms with Gasteiger partial charge in [-0.15, -0.1) is 0 Å². The Bertz CT molecular complexity index is 641. The first-order chi connectivity index (χ1) is 9.78. The van der Waals surface area contributed by atoms with Crippen LogP contribution in [0.5, 0.6) is 0 Å². The molecule has 0 unspecified atom stereocenters. The van der Waals surface area contributed by atoms with Crippen LogP contribution in [0.2, 0.25) is 0 Å². The van der Waals surface area contributed by atoms with E-state index in [0.29, 0.717) is 0 Å². The van der Waals surface area contributed by atoms with Crippen LogP contribution in [0.3, 0.4) is 0 Å². The normalized spacial score (nSPS) is 13.7. The summed E-state index contributed by atoms with van der Waals surface area (Å²) in [5.74, 6) is 1.55. The fraction of sp³-hybridized carbons (Fsp3) is 0.200. The molecule has 1 aliphatic rings. The minimum Gasteiger partial charge on any atom is -0.370 e. The van der Waals surface area contributed by atoms with E-state index in [9.17, 15) is 4.79 Å². The number of benzene rings is 1. The molecule has 2 heterocycles. The molecule has 5 heteroatoms. The average molecular weight is 268 g/mol. The molecule has 102 valence electrons. The topological polar surface area (TPSA) is 57.3 Å². The van der Waals surface area contributed by atoms with Crippen LogP contribution in [0.4, 0.5) is 23.0 Å². The second-order valence-corrected chi connectivity index (χ2v) is 4.56. The largest absolute Gasteiger partial charge is 0.370 e. The highest BCUT2D eigenvalue weighted by Gasteiger charge is 2.23. The molecule has 1 amide bonds. The van der Waals surface area contributed by atoms with Gasteiger partial charge in [-0.1, -0.05) is 18.2 Å². The van der Waals surface area contributed by atoms with Crippen molar-refractivity contribution in [1.29, 1.82) is 0 Å². The molecule has 20 heavy (non-hydrogen) atoms. The van der Waals surface area contributed by atoms with Crippen molar-refractivity contribution >= 4 is 28.9 Å². The zero-order valence-electron chi connectivity index (χ0n) is 11.3. The third-order valence-corrected chi connectivity index (χ3v) is 3.14. The van der Waals surface area contributed by atoms with Gasteiger partial charge in [-0.25, -0.2) is 4.98 Å². The van der Waals surface area contributed by atoms with Crippen molar-refractivity contribution in [2.24, 2.45) is 0 Å². The summed E-state index contributed by atoms with van der Waals surface area (Å²) in [4.78, 5) is 18.3. The molecular formula is C15H16N4O. The average Bonchev–Trinajstić information content (AvgIpc) is 2.47. The summed E-state index contributed by atoms with van der Waals surface area (Å²) in [6.45, 7) is 3.12. The van der Waals surface area contributed by atoms with Crippen LogP contribution in [-0.4, -0.2) is 24.0 Å². The first kappa shape index (κ1) is 12.5. The number of carbonyl (C=O) groups excluding carboxylic acids is 1. The summed E-state index contributed by atoms with van der Waals surface area (Å²) in [5, 5.41) is 6.06. The van der Waals surface area contributed by atoms with E-state index in [4.69, 9.17) is 0 Å². The van der Waals surface area contributed by atoms with Crippen LogP contribution < -0.4 is 15.5 Å². The summed E-state index contributed by atoms with van der Waals surface area (Å²) < 4.78 is 0. The smallest absolute Gasteiger partial charge is 0.244 e. The fourth-order valence-electron chi connectivity index (χ4n) is 2.29. The van der Waals surface area contributed by atoms with Crippen molar-refractivity contribution in [3.8, 4) is 0 Å². The molecule has 0 aliphatic carbocycles. The maximum Gasteiger partial charge on any atom is 0.244 e. The lowest BCUT2D eigenvalue weighted by Gasteiger charge is -2.30. The van der Waals surface area contributed by atoms with Gasteiger partial charge in [0, 0.05) is 6.54 Å². The number of carbonyl (C=O) groups is 1. The number of nitrogens with zero attached hydrogens (tertiary/aromatic N) is 2. The molecule has 1 aromatic heterocycles. The minimum atomic E-state index is -0.0284. The third kappa shape index (κ3) is 2.30. The number of rotatable bonds is 3. The molecule has 0 fully saturated rings. The molecule has 0 saturated carbocycles. The summed E-state index contributed by atoms with van der Waals surface area (Å²) >= 11 is 0. The predicted molar refractivity (Wildman–Crippen MR) is 80.5 cm³/mol. The molecule has 0 bridgehead atoms. The van der Waals surface area contributed by atoms with Gasteiger partial charge in [-0.2, -0.15) is 0 Å². The lowest BCUT2D eigenvalue weighted by molar-refractivity contribution is -0.115. The maximum atomic E-state index is 11.8. The number of anilines is 4. The Labute approximate surface area is 117 Å². The summed E-state index contributed by atoms with van der Waals surface area (Å²) in [6.07, 6.45) is 0. The van der Waals surface area contributed by atoms with Crippen molar-refractivity contribution in [2.45, 2.75) is 6.92 Å². The molecule has 0 radical (unpaired) electrons. The highest BCUT2D eigenvalue weighted by Crippen LogP contribution is 2.33. The molecular weight excluding hydrogens is 252 g/mol. The van der Waals surface area contributed by atoms with E-state index in [1.165, 1.54) is 0 Å². The van der Waals surface area contributed by atoms with Crippen molar-refractivity contribution in [1.82, 2.24) is 4.98 Å². The lowest BCUT2D eigenvalue weighted by Crippen LogP contribution is -2.35. The molecule has 0 saturated heterocycles. The maximum absolute atomic E-state index is 11.8. The fourth-order valence-corrected chi connectivity index (χ4v) is 2.29. The second-order valence-electron chi connectivity index (χ2n) is 4.56. The van der Waals surface area contributed by atoms with Crippen LogP contribution in [0.15, 0.2) is 42.5 Å². The number of hydrogen-bond donors (Lipinski definition) is 2. The van der Waals surface area contributed by atoms with Crippen molar-refractivity contribution in [3.05, 3.63) is 42.5 Å². The van der Waals surface area contributed by atoms with Gasteiger partial charge in [0.15, 0.2) is 0 Å². The van der Waals surface area contributed by atoms with E-state index in [2.05, 4.69) is 15.6 Å². The van der Waals surface area contributed by atoms with Gasteiger partial charge in [-0.3, -0.25) is 4.79 Å². The standard InChI is InChI=1S/C15H16N4O/c1-2-16-13-8-5-9-14(18-13)19-10-15(20)17-11-6-3-4-7-12(11)19/h3-9H,2,10H2,1H3,(H,16,18)(H,17,20). The molecule has 1 aliphatic heterocycles. The van der Waals surface area contributed by atoms with Crippen LogP contribution in [0.25, 0.3) is 0 Å². The van der Waals surface area contributed by atoms with Crippen LogP contribution >= 0.6 is 0 Å². The van der Waals surface area contributed by atoms with Gasteiger partial charge in [-0.05, 0) is 31.2 Å². The zero-order chi connectivity index (χ0) is 13.9. The van der Waals surface area contributed by atoms with Crippen LogP contribution in [0, 0.1) is 0 Å². The summed E-state index contributed by atoms with van der Waals surface area (Å²) in [6, 6.07) is 13.5. The van der Waals surface area contributed by atoms with E-state index in [0.717, 1.165) is 29.6 Å². The summed E-state index contributed by atoms with van der Waals surface area (Å²) in [7, 11) is 0. The van der Waals surface area contributed by atoms with Gasteiger partial charge in [0.2, 0.25) is 5.91 Å². The minimum absolute atomic E-state index is 0.0284. The van der Waals surface area contributed by atoms with Gasteiger partial charge >= 0.3 is 0 Å². The van der Waals surface area contributed by atoms with Crippen molar-refractivity contribution in [2.75, 3.05) is 28.6 Å². The van der Waals surface area contributed by atoms with Crippen LogP contribution in [0.1, 0.15) is 6.92 Å². The molecule has 2 N–H and O–H groups in total. The van der Waals surface area contributed by atoms with E-state index < -0.39 is 0 Å². The highest BCUT2D eigenvalue weighted by molar-refractivity contribution is 6.02. The Hall–Kier alpha value is -2.56. The van der Waals surface area contributed by atoms with E-state index in [1.807, 2.05) is 54.3 Å². The van der Waals surface area contributed by atoms with Gasteiger partial charge in [0.25, 0.3) is 0 Å². The Balaban J connectivity index is 2.01. The first-order valence-electron chi connectivity index (χ1n) is 6.65. The summed E-state index contributed by atoms with van der Waals surface area (Å²) in [5.41, 5.74) is 1.78. The number of fused-ring (bicyclic) bond motifs is 1. The van der Waals surface area contributed by atoms with Crippen molar-refractivity contribution in [3.63, 3.8) is 0 Å². The Kier molecular flexibility index (Phi) is 3.25. The number of amides is 1. The molecule has 5 nitrogen and oxygen atoms in total. The number of nitrogens with one attached hydrogen (secondary N) is 2. The number of hydrogen-bond acceptors (Lipinski definition) is 4.